The number of hydrogen-bond acceptors (Lipinski definition) is 5. The van der Waals surface area contributed by atoms with Crippen LogP contribution in [0.2, 0.25) is 5.02 Å². The van der Waals surface area contributed by atoms with Gasteiger partial charge in [-0.25, -0.2) is 4.98 Å². The topological polar surface area (TPSA) is 61.6 Å². The molecule has 2 aromatic rings. The number of piperidine rings is 2. The minimum atomic E-state index is 0.119. The number of nitrogens with zero attached hydrogens (tertiary/aromatic N) is 3. The van der Waals surface area contributed by atoms with Crippen molar-refractivity contribution in [2.75, 3.05) is 32.7 Å². The van der Waals surface area contributed by atoms with E-state index in [4.69, 9.17) is 21.0 Å². The molecule has 0 radical (unpaired) electrons. The van der Waals surface area contributed by atoms with Crippen molar-refractivity contribution in [1.29, 1.82) is 0 Å². The number of aromatic nitrogens is 1. The summed E-state index contributed by atoms with van der Waals surface area (Å²) in [5.74, 6) is 1.82. The van der Waals surface area contributed by atoms with Gasteiger partial charge in [0.1, 0.15) is 5.76 Å². The molecule has 6 nitrogen and oxygen atoms in total. The second-order valence-corrected chi connectivity index (χ2v) is 9.69. The van der Waals surface area contributed by atoms with Crippen molar-refractivity contribution in [2.45, 2.75) is 58.5 Å². The molecule has 32 heavy (non-hydrogen) atoms. The number of aryl methyl sites for hydroxylation is 1. The molecule has 0 bridgehead atoms. The zero-order valence-corrected chi connectivity index (χ0v) is 20.0. The number of benzene rings is 1. The summed E-state index contributed by atoms with van der Waals surface area (Å²) in [6.45, 7) is 9.72. The van der Waals surface area contributed by atoms with Crippen molar-refractivity contribution >= 4 is 17.5 Å². The molecule has 4 rings (SSSR count). The molecule has 1 atom stereocenters. The SMILES string of the molecule is Cc1oc(-c2ccc(Cl)cc2)nc1CN1CCC(C(=O)NCCN2CCCCC2C)CC1. The first-order chi connectivity index (χ1) is 15.5. The summed E-state index contributed by atoms with van der Waals surface area (Å²) in [6, 6.07) is 8.18. The molecule has 1 aromatic carbocycles. The fourth-order valence-electron chi connectivity index (χ4n) is 4.81. The van der Waals surface area contributed by atoms with Gasteiger partial charge in [-0.2, -0.15) is 0 Å². The first-order valence-electron chi connectivity index (χ1n) is 12.0. The van der Waals surface area contributed by atoms with Gasteiger partial charge in [-0.3, -0.25) is 14.6 Å². The van der Waals surface area contributed by atoms with Crippen LogP contribution in [0.3, 0.4) is 0 Å². The van der Waals surface area contributed by atoms with E-state index in [2.05, 4.69) is 22.0 Å². The molecule has 2 aliphatic heterocycles. The molecule has 0 aliphatic carbocycles. The van der Waals surface area contributed by atoms with E-state index >= 15 is 0 Å². The average molecular weight is 459 g/mol. The lowest BCUT2D eigenvalue weighted by Gasteiger charge is -2.34. The molecule has 3 heterocycles. The van der Waals surface area contributed by atoms with E-state index < -0.39 is 0 Å². The highest BCUT2D eigenvalue weighted by Gasteiger charge is 2.26. The van der Waals surface area contributed by atoms with E-state index in [9.17, 15) is 4.79 Å². The number of amides is 1. The van der Waals surface area contributed by atoms with Crippen molar-refractivity contribution in [3.05, 3.63) is 40.7 Å². The number of carbonyl (C=O) groups excluding carboxylic acids is 1. The van der Waals surface area contributed by atoms with Gasteiger partial charge >= 0.3 is 0 Å². The van der Waals surface area contributed by atoms with Crippen LogP contribution in [0.5, 0.6) is 0 Å². The smallest absolute Gasteiger partial charge is 0.226 e. The lowest BCUT2D eigenvalue weighted by atomic mass is 9.95. The summed E-state index contributed by atoms with van der Waals surface area (Å²) in [5.41, 5.74) is 1.89. The number of likely N-dealkylation sites (tertiary alicyclic amines) is 2. The summed E-state index contributed by atoms with van der Waals surface area (Å²) >= 11 is 5.98. The van der Waals surface area contributed by atoms with E-state index in [0.717, 1.165) is 69.1 Å². The zero-order chi connectivity index (χ0) is 22.5. The number of rotatable bonds is 7. The highest BCUT2D eigenvalue weighted by molar-refractivity contribution is 6.30. The lowest BCUT2D eigenvalue weighted by molar-refractivity contribution is -0.126. The van der Waals surface area contributed by atoms with E-state index in [1.807, 2.05) is 31.2 Å². The minimum absolute atomic E-state index is 0.119. The van der Waals surface area contributed by atoms with Gasteiger partial charge in [-0.15, -0.1) is 0 Å². The van der Waals surface area contributed by atoms with Crippen molar-refractivity contribution < 1.29 is 9.21 Å². The lowest BCUT2D eigenvalue weighted by Crippen LogP contribution is -2.45. The van der Waals surface area contributed by atoms with Gasteiger partial charge in [0, 0.05) is 42.2 Å². The van der Waals surface area contributed by atoms with Crippen LogP contribution >= 0.6 is 11.6 Å². The number of halogens is 1. The predicted octanol–water partition coefficient (Wildman–Crippen LogP) is 4.51. The van der Waals surface area contributed by atoms with Gasteiger partial charge in [0.05, 0.1) is 5.69 Å². The third-order valence-electron chi connectivity index (χ3n) is 6.95. The summed E-state index contributed by atoms with van der Waals surface area (Å²) in [7, 11) is 0. The first kappa shape index (κ1) is 23.3. The Bertz CT molecular complexity index is 890. The highest BCUT2D eigenvalue weighted by atomic mass is 35.5. The molecule has 1 amide bonds. The molecule has 2 saturated heterocycles. The van der Waals surface area contributed by atoms with E-state index in [1.54, 1.807) is 0 Å². The monoisotopic (exact) mass is 458 g/mol. The summed E-state index contributed by atoms with van der Waals surface area (Å²) in [5, 5.41) is 3.88. The van der Waals surface area contributed by atoms with Crippen LogP contribution in [0.4, 0.5) is 0 Å². The van der Waals surface area contributed by atoms with Gasteiger partial charge < -0.3 is 9.73 Å². The Hall–Kier alpha value is -1.89. The molecule has 0 spiro atoms. The molecule has 1 unspecified atom stereocenters. The van der Waals surface area contributed by atoms with Crippen molar-refractivity contribution in [1.82, 2.24) is 20.1 Å². The number of nitrogens with one attached hydrogen (secondary N) is 1. The normalized spacial score (nSPS) is 21.0. The molecule has 174 valence electrons. The summed E-state index contributed by atoms with van der Waals surface area (Å²) in [4.78, 5) is 22.2. The van der Waals surface area contributed by atoms with E-state index in [-0.39, 0.29) is 11.8 Å². The fourth-order valence-corrected chi connectivity index (χ4v) is 4.94. The zero-order valence-electron chi connectivity index (χ0n) is 19.3. The Balaban J connectivity index is 1.22. The molecular formula is C25H35ClN4O2. The van der Waals surface area contributed by atoms with Crippen LogP contribution in [-0.4, -0.2) is 59.5 Å². The molecule has 2 aliphatic rings. The number of oxazole rings is 1. The van der Waals surface area contributed by atoms with E-state index in [1.165, 1.54) is 19.3 Å². The average Bonchev–Trinajstić information content (AvgIpc) is 3.16. The van der Waals surface area contributed by atoms with Crippen LogP contribution in [0, 0.1) is 12.8 Å². The van der Waals surface area contributed by atoms with Crippen molar-refractivity contribution in [2.24, 2.45) is 5.92 Å². The van der Waals surface area contributed by atoms with Crippen molar-refractivity contribution in [3.63, 3.8) is 0 Å². The molecule has 2 fully saturated rings. The van der Waals surface area contributed by atoms with Crippen molar-refractivity contribution in [3.8, 4) is 11.5 Å². The third-order valence-corrected chi connectivity index (χ3v) is 7.21. The van der Waals surface area contributed by atoms with Gasteiger partial charge in [-0.1, -0.05) is 18.0 Å². The molecule has 1 N–H and O–H groups in total. The van der Waals surface area contributed by atoms with Crippen LogP contribution in [-0.2, 0) is 11.3 Å². The number of carbonyl (C=O) groups is 1. The predicted molar refractivity (Wildman–Crippen MR) is 128 cm³/mol. The van der Waals surface area contributed by atoms with Gasteiger partial charge in [0.2, 0.25) is 11.8 Å². The van der Waals surface area contributed by atoms with Gasteiger partial charge in [0.15, 0.2) is 0 Å². The molecule has 1 aromatic heterocycles. The number of hydrogen-bond donors (Lipinski definition) is 1. The quantitative estimate of drug-likeness (QED) is 0.661. The Labute approximate surface area is 196 Å². The molecule has 0 saturated carbocycles. The summed E-state index contributed by atoms with van der Waals surface area (Å²) in [6.07, 6.45) is 5.68. The third kappa shape index (κ3) is 5.91. The van der Waals surface area contributed by atoms with Crippen LogP contribution in [0.25, 0.3) is 11.5 Å². The minimum Gasteiger partial charge on any atom is -0.441 e. The maximum Gasteiger partial charge on any atom is 0.226 e. The fraction of sp³-hybridized carbons (Fsp3) is 0.600. The Morgan fingerprint density at radius 1 is 1.16 bits per heavy atom. The maximum absolute atomic E-state index is 12.6. The standard InChI is InChI=1S/C25H35ClN4O2/c1-18-5-3-4-13-30(18)16-12-27-24(31)20-10-14-29(15-11-20)17-23-19(2)32-25(28-23)21-6-8-22(26)9-7-21/h6-9,18,20H,3-5,10-17H2,1-2H3,(H,27,31). The van der Waals surface area contributed by atoms with Gasteiger partial charge in [-0.05, 0) is 83.4 Å². The molecule has 7 heteroatoms. The Morgan fingerprint density at radius 2 is 1.91 bits per heavy atom. The largest absolute Gasteiger partial charge is 0.441 e. The second-order valence-electron chi connectivity index (χ2n) is 9.25. The Kier molecular flexibility index (Phi) is 7.87. The van der Waals surface area contributed by atoms with Crippen LogP contribution in [0.1, 0.15) is 50.5 Å². The van der Waals surface area contributed by atoms with Gasteiger partial charge in [0.25, 0.3) is 0 Å². The molecular weight excluding hydrogens is 424 g/mol. The van der Waals surface area contributed by atoms with Crippen LogP contribution in [0.15, 0.2) is 28.7 Å². The second kappa shape index (κ2) is 10.8. The first-order valence-corrected chi connectivity index (χ1v) is 12.3. The Morgan fingerprint density at radius 3 is 2.62 bits per heavy atom. The summed E-state index contributed by atoms with van der Waals surface area (Å²) < 4.78 is 5.89. The maximum atomic E-state index is 12.6. The van der Waals surface area contributed by atoms with Crippen LogP contribution < -0.4 is 5.32 Å². The van der Waals surface area contributed by atoms with E-state index in [0.29, 0.717) is 17.0 Å². The highest BCUT2D eigenvalue weighted by Crippen LogP contribution is 2.25.